The van der Waals surface area contributed by atoms with Crippen molar-refractivity contribution in [2.24, 2.45) is 0 Å². The fourth-order valence-corrected chi connectivity index (χ4v) is 2.73. The van der Waals surface area contributed by atoms with Crippen molar-refractivity contribution in [3.8, 4) is 5.75 Å². The van der Waals surface area contributed by atoms with Crippen LogP contribution in [-0.4, -0.2) is 45.9 Å². The van der Waals surface area contributed by atoms with Gasteiger partial charge in [0.1, 0.15) is 45.1 Å². The lowest BCUT2D eigenvalue weighted by Crippen LogP contribution is -3.28. The van der Waals surface area contributed by atoms with Crippen molar-refractivity contribution >= 4 is 0 Å². The summed E-state index contributed by atoms with van der Waals surface area (Å²) < 4.78 is 5.95. The summed E-state index contributed by atoms with van der Waals surface area (Å²) in [5.74, 6) is 1.05. The second-order valence-corrected chi connectivity index (χ2v) is 5.72. The lowest BCUT2D eigenvalue weighted by Gasteiger charge is -2.28. The zero-order chi connectivity index (χ0) is 13.7. The molecule has 1 aromatic rings. The monoisotopic (exact) mass is 264 g/mol. The van der Waals surface area contributed by atoms with Crippen molar-refractivity contribution in [1.29, 1.82) is 0 Å². The third kappa shape index (κ3) is 4.22. The quantitative estimate of drug-likeness (QED) is 0.733. The van der Waals surface area contributed by atoms with Gasteiger partial charge in [-0.25, -0.2) is 0 Å². The Morgan fingerprint density at radius 1 is 1.05 bits per heavy atom. The van der Waals surface area contributed by atoms with Crippen molar-refractivity contribution in [1.82, 2.24) is 0 Å². The van der Waals surface area contributed by atoms with Crippen LogP contribution >= 0.6 is 0 Å². The van der Waals surface area contributed by atoms with E-state index in [1.54, 1.807) is 9.80 Å². The number of rotatable bonds is 5. The summed E-state index contributed by atoms with van der Waals surface area (Å²) in [6.07, 6.45) is 0. The molecule has 0 spiro atoms. The first-order chi connectivity index (χ1) is 9.19. The molecular formula is C16H28N2O+2. The summed E-state index contributed by atoms with van der Waals surface area (Å²) in [7, 11) is 0. The molecule has 1 aromatic carbocycles. The fourth-order valence-electron chi connectivity index (χ4n) is 2.73. The topological polar surface area (TPSA) is 18.1 Å². The van der Waals surface area contributed by atoms with Crippen LogP contribution in [0.3, 0.4) is 0 Å². The van der Waals surface area contributed by atoms with E-state index in [4.69, 9.17) is 4.74 Å². The van der Waals surface area contributed by atoms with Gasteiger partial charge >= 0.3 is 0 Å². The van der Waals surface area contributed by atoms with Crippen molar-refractivity contribution in [3.63, 3.8) is 0 Å². The van der Waals surface area contributed by atoms with E-state index in [1.807, 2.05) is 0 Å². The SMILES string of the molecule is CC[NH+]1CC[NH+](CCOc2cc(C)ccc2C)CC1. The maximum atomic E-state index is 5.95. The number of nitrogens with one attached hydrogen (secondary N) is 2. The van der Waals surface area contributed by atoms with E-state index < -0.39 is 0 Å². The molecule has 1 aliphatic heterocycles. The van der Waals surface area contributed by atoms with Crippen molar-refractivity contribution in [2.45, 2.75) is 20.8 Å². The Kier molecular flexibility index (Phi) is 5.23. The Balaban J connectivity index is 1.73. The van der Waals surface area contributed by atoms with Gasteiger partial charge in [0.15, 0.2) is 0 Å². The van der Waals surface area contributed by atoms with Gasteiger partial charge in [-0.2, -0.15) is 0 Å². The first-order valence-electron chi connectivity index (χ1n) is 7.56. The second kappa shape index (κ2) is 6.92. The number of hydrogen-bond donors (Lipinski definition) is 2. The van der Waals surface area contributed by atoms with Gasteiger partial charge in [0.2, 0.25) is 0 Å². The molecule has 2 rings (SSSR count). The summed E-state index contributed by atoms with van der Waals surface area (Å²) in [6, 6.07) is 6.42. The molecule has 19 heavy (non-hydrogen) atoms. The molecule has 0 atom stereocenters. The van der Waals surface area contributed by atoms with E-state index in [0.29, 0.717) is 0 Å². The molecule has 1 heterocycles. The largest absolute Gasteiger partial charge is 0.487 e. The maximum Gasteiger partial charge on any atom is 0.137 e. The van der Waals surface area contributed by atoms with Crippen LogP contribution in [0.25, 0.3) is 0 Å². The van der Waals surface area contributed by atoms with E-state index in [1.165, 1.54) is 43.9 Å². The van der Waals surface area contributed by atoms with Gasteiger partial charge in [-0.05, 0) is 38.0 Å². The van der Waals surface area contributed by atoms with Crippen LogP contribution in [0.2, 0.25) is 0 Å². The minimum Gasteiger partial charge on any atom is -0.487 e. The van der Waals surface area contributed by atoms with Gasteiger partial charge in [0, 0.05) is 0 Å². The molecule has 0 saturated carbocycles. The highest BCUT2D eigenvalue weighted by Gasteiger charge is 2.21. The van der Waals surface area contributed by atoms with Crippen LogP contribution in [0.1, 0.15) is 18.1 Å². The van der Waals surface area contributed by atoms with Gasteiger partial charge in [0.25, 0.3) is 0 Å². The molecule has 1 saturated heterocycles. The Morgan fingerprint density at radius 2 is 1.74 bits per heavy atom. The van der Waals surface area contributed by atoms with Crippen molar-refractivity contribution < 1.29 is 14.5 Å². The molecule has 3 nitrogen and oxygen atoms in total. The number of quaternary nitrogens is 2. The molecule has 1 aliphatic rings. The molecule has 0 unspecified atom stereocenters. The summed E-state index contributed by atoms with van der Waals surface area (Å²) in [5, 5.41) is 0. The number of hydrogen-bond acceptors (Lipinski definition) is 1. The number of benzene rings is 1. The maximum absolute atomic E-state index is 5.95. The van der Waals surface area contributed by atoms with E-state index in [2.05, 4.69) is 39.0 Å². The van der Waals surface area contributed by atoms with Crippen molar-refractivity contribution in [2.75, 3.05) is 45.9 Å². The third-order valence-corrected chi connectivity index (χ3v) is 4.22. The molecule has 3 heteroatoms. The zero-order valence-corrected chi connectivity index (χ0v) is 12.6. The summed E-state index contributed by atoms with van der Waals surface area (Å²) in [6.45, 7) is 15.0. The molecular weight excluding hydrogens is 236 g/mol. The first-order valence-corrected chi connectivity index (χ1v) is 7.56. The number of likely N-dealkylation sites (N-methyl/N-ethyl adjacent to an activating group) is 1. The minimum absolute atomic E-state index is 0.834. The summed E-state index contributed by atoms with van der Waals surface area (Å²) in [4.78, 5) is 3.45. The highest BCUT2D eigenvalue weighted by atomic mass is 16.5. The molecule has 0 aliphatic carbocycles. The Bertz CT molecular complexity index is 398. The molecule has 2 N–H and O–H groups in total. The average Bonchev–Trinajstić information content (AvgIpc) is 2.43. The highest BCUT2D eigenvalue weighted by Crippen LogP contribution is 2.18. The number of ether oxygens (including phenoxy) is 1. The summed E-state index contributed by atoms with van der Waals surface area (Å²) >= 11 is 0. The molecule has 1 fully saturated rings. The number of piperazine rings is 1. The zero-order valence-electron chi connectivity index (χ0n) is 12.6. The lowest BCUT2D eigenvalue weighted by atomic mass is 10.1. The Morgan fingerprint density at radius 3 is 2.42 bits per heavy atom. The smallest absolute Gasteiger partial charge is 0.137 e. The second-order valence-electron chi connectivity index (χ2n) is 5.72. The van der Waals surface area contributed by atoms with Crippen LogP contribution in [0.4, 0.5) is 0 Å². The molecule has 106 valence electrons. The highest BCUT2D eigenvalue weighted by molar-refractivity contribution is 5.35. The molecule has 0 radical (unpaired) electrons. The van der Waals surface area contributed by atoms with E-state index >= 15 is 0 Å². The van der Waals surface area contributed by atoms with Crippen LogP contribution in [0, 0.1) is 13.8 Å². The van der Waals surface area contributed by atoms with Gasteiger partial charge in [-0.1, -0.05) is 12.1 Å². The predicted octanol–water partition coefficient (Wildman–Crippen LogP) is -0.514. The lowest BCUT2D eigenvalue weighted by molar-refractivity contribution is -1.01. The van der Waals surface area contributed by atoms with E-state index in [-0.39, 0.29) is 0 Å². The standard InChI is InChI=1S/C16H26N2O/c1-4-17-7-9-18(10-8-17)11-12-19-16-13-14(2)5-6-15(16)3/h5-6,13H,4,7-12H2,1-3H3/p+2. The van der Waals surface area contributed by atoms with Crippen LogP contribution < -0.4 is 14.5 Å². The van der Waals surface area contributed by atoms with E-state index in [0.717, 1.165) is 18.9 Å². The van der Waals surface area contributed by atoms with Gasteiger partial charge in [-0.15, -0.1) is 0 Å². The Hall–Kier alpha value is -1.06. The van der Waals surface area contributed by atoms with Crippen LogP contribution in [0.15, 0.2) is 18.2 Å². The summed E-state index contributed by atoms with van der Waals surface area (Å²) in [5.41, 5.74) is 2.51. The fraction of sp³-hybridized carbons (Fsp3) is 0.625. The minimum atomic E-state index is 0.834. The predicted molar refractivity (Wildman–Crippen MR) is 78.2 cm³/mol. The van der Waals surface area contributed by atoms with E-state index in [9.17, 15) is 0 Å². The van der Waals surface area contributed by atoms with Gasteiger partial charge in [-0.3, -0.25) is 0 Å². The Labute approximate surface area is 117 Å². The molecule has 0 aromatic heterocycles. The normalized spacial score (nSPS) is 23.3. The molecule has 0 bridgehead atoms. The van der Waals surface area contributed by atoms with Crippen molar-refractivity contribution in [3.05, 3.63) is 29.3 Å². The number of aryl methyl sites for hydroxylation is 2. The molecule has 0 amide bonds. The van der Waals surface area contributed by atoms with Gasteiger partial charge < -0.3 is 14.5 Å². The first kappa shape index (κ1) is 14.4. The third-order valence-electron chi connectivity index (χ3n) is 4.22. The van der Waals surface area contributed by atoms with Gasteiger partial charge in [0.05, 0.1) is 6.54 Å². The average molecular weight is 264 g/mol. The van der Waals surface area contributed by atoms with Crippen LogP contribution in [0.5, 0.6) is 5.75 Å². The van der Waals surface area contributed by atoms with Crippen LogP contribution in [-0.2, 0) is 0 Å².